The molecule has 3 N–H and O–H groups in total. The number of hydrogen-bond donors (Lipinski definition) is 3. The number of nitrogens with zero attached hydrogens (tertiary/aromatic N) is 2. The zero-order valence-corrected chi connectivity index (χ0v) is 27.6. The van der Waals surface area contributed by atoms with Crippen LogP contribution in [0.2, 0.25) is 0 Å². The van der Waals surface area contributed by atoms with Gasteiger partial charge in [0.2, 0.25) is 0 Å². The summed E-state index contributed by atoms with van der Waals surface area (Å²) in [5.74, 6) is 0.0993. The molecular weight excluding hydrogens is 665 g/mol. The Hall–Kier alpha value is -2.51. The van der Waals surface area contributed by atoms with Gasteiger partial charge in [-0.2, -0.15) is 0 Å². The quantitative estimate of drug-likeness (QED) is 0.278. The van der Waals surface area contributed by atoms with E-state index in [4.69, 9.17) is 9.72 Å². The Kier molecular flexibility index (Phi) is 7.66. The van der Waals surface area contributed by atoms with Gasteiger partial charge in [-0.3, -0.25) is 14.6 Å². The van der Waals surface area contributed by atoms with Gasteiger partial charge in [-0.25, -0.2) is 15.2 Å². The van der Waals surface area contributed by atoms with E-state index in [0.29, 0.717) is 6.42 Å². The van der Waals surface area contributed by atoms with Crippen molar-refractivity contribution in [2.75, 3.05) is 0 Å². The standard InChI is InChI=1S/C31H38IN5O4S/c1-30(2,3)41-29(40)35-22-13-25-33-23(15-42-25)16-6-7-21-19(12-16)20(27(32)34-21)14-31(4,5)9-8-24(38)26-17-10-18(11-17)37(36-26)28(22)39/h6-7,12,15,17-18,22,26,34,36H,8-11,13-14H2,1-5H3,(H,35,40)/t17?,18?,22-,26-/m0/s1. The first-order valence-electron chi connectivity index (χ1n) is 14.6. The minimum atomic E-state index is -0.891. The van der Waals surface area contributed by atoms with Gasteiger partial charge in [0.05, 0.1) is 20.4 Å². The van der Waals surface area contributed by atoms with E-state index in [0.717, 1.165) is 56.6 Å². The number of Topliss-reactive ketones (excluding diaryl/α,β-unsaturated/α-hetero) is 1. The third-order valence-corrected chi connectivity index (χ3v) is 10.4. The highest BCUT2D eigenvalue weighted by Gasteiger charge is 2.50. The molecule has 224 valence electrons. The van der Waals surface area contributed by atoms with Gasteiger partial charge in [0.15, 0.2) is 5.78 Å². The molecule has 0 spiro atoms. The number of H-pyrrole nitrogens is 1. The summed E-state index contributed by atoms with van der Waals surface area (Å²) in [6.45, 7) is 9.81. The smallest absolute Gasteiger partial charge is 0.408 e. The van der Waals surface area contributed by atoms with E-state index in [-0.39, 0.29) is 35.5 Å². The molecule has 5 heterocycles. The summed E-state index contributed by atoms with van der Waals surface area (Å²) in [6.07, 6.45) is 3.17. The van der Waals surface area contributed by atoms with Gasteiger partial charge in [0.25, 0.3) is 5.91 Å². The molecule has 3 aliphatic heterocycles. The van der Waals surface area contributed by atoms with E-state index in [1.165, 1.54) is 16.9 Å². The van der Waals surface area contributed by atoms with Crippen molar-refractivity contribution in [3.63, 3.8) is 0 Å². The maximum atomic E-state index is 14.0. The summed E-state index contributed by atoms with van der Waals surface area (Å²) >= 11 is 3.85. The number of aromatic amines is 1. The first-order valence-corrected chi connectivity index (χ1v) is 16.6. The molecule has 3 fully saturated rings. The second-order valence-electron chi connectivity index (χ2n) is 13.7. The molecule has 11 heteroatoms. The third kappa shape index (κ3) is 5.96. The Bertz CT molecular complexity index is 1550. The number of ketones is 1. The van der Waals surface area contributed by atoms with E-state index < -0.39 is 23.8 Å². The van der Waals surface area contributed by atoms with Gasteiger partial charge in [-0.15, -0.1) is 11.3 Å². The predicted octanol–water partition coefficient (Wildman–Crippen LogP) is 5.76. The minimum Gasteiger partial charge on any atom is -0.444 e. The van der Waals surface area contributed by atoms with Gasteiger partial charge in [-0.05, 0) is 98.1 Å². The number of nitrogens with one attached hydrogen (secondary N) is 3. The summed E-state index contributed by atoms with van der Waals surface area (Å²) < 4.78 is 6.63. The molecule has 4 aliphatic rings. The number of alkyl carbamates (subject to hydrolysis) is 1. The van der Waals surface area contributed by atoms with Crippen LogP contribution < -0.4 is 10.7 Å². The third-order valence-electron chi connectivity index (χ3n) is 8.62. The van der Waals surface area contributed by atoms with Crippen LogP contribution in [0.4, 0.5) is 4.79 Å². The molecule has 2 amide bonds. The van der Waals surface area contributed by atoms with Gasteiger partial charge in [0.1, 0.15) is 11.6 Å². The molecule has 42 heavy (non-hydrogen) atoms. The number of aromatic nitrogens is 2. The Labute approximate surface area is 263 Å². The minimum absolute atomic E-state index is 0.00388. The largest absolute Gasteiger partial charge is 0.444 e. The zero-order chi connectivity index (χ0) is 30.0. The number of carbonyl (C=O) groups is 3. The highest BCUT2D eigenvalue weighted by molar-refractivity contribution is 14.1. The molecular formula is C31H38IN5O4S. The zero-order valence-electron chi connectivity index (χ0n) is 24.7. The lowest BCUT2D eigenvalue weighted by Crippen LogP contribution is -2.71. The molecule has 2 atom stereocenters. The van der Waals surface area contributed by atoms with E-state index in [9.17, 15) is 14.4 Å². The molecule has 2 aromatic heterocycles. The van der Waals surface area contributed by atoms with Crippen LogP contribution in [0.3, 0.4) is 0 Å². The number of fused-ring (bicyclic) bond motifs is 4. The number of halogens is 1. The SMILES string of the molecule is CC1(C)CCC(=O)[C@H]2NN(C(=O)[C@@H](NC(=O)OC(C)(C)C)Cc3nc(cs3)-c3ccc4[nH]c(I)c(c4c3)C1)C1CC2C1. The van der Waals surface area contributed by atoms with Crippen LogP contribution >= 0.6 is 33.9 Å². The Morgan fingerprint density at radius 3 is 2.74 bits per heavy atom. The number of amides is 2. The average molecular weight is 704 g/mol. The molecule has 3 aromatic rings. The number of thiazole rings is 1. The van der Waals surface area contributed by atoms with Crippen LogP contribution in [-0.2, 0) is 27.2 Å². The molecule has 2 saturated heterocycles. The molecule has 1 saturated carbocycles. The van der Waals surface area contributed by atoms with Crippen molar-refractivity contribution in [3.8, 4) is 11.3 Å². The van der Waals surface area contributed by atoms with Crippen molar-refractivity contribution in [1.82, 2.24) is 25.7 Å². The van der Waals surface area contributed by atoms with E-state index in [1.807, 2.05) is 5.38 Å². The molecule has 0 unspecified atom stereocenters. The number of ether oxygens (including phenoxy) is 1. The Morgan fingerprint density at radius 1 is 1.24 bits per heavy atom. The summed E-state index contributed by atoms with van der Waals surface area (Å²) in [5, 5.41) is 8.33. The Morgan fingerprint density at radius 2 is 2.00 bits per heavy atom. The fourth-order valence-corrected chi connectivity index (χ4v) is 7.93. The second kappa shape index (κ2) is 10.9. The summed E-state index contributed by atoms with van der Waals surface area (Å²) in [4.78, 5) is 48.9. The van der Waals surface area contributed by atoms with E-state index in [2.05, 4.69) is 70.4 Å². The van der Waals surface area contributed by atoms with Crippen LogP contribution in [0.5, 0.6) is 0 Å². The molecule has 7 rings (SSSR count). The maximum Gasteiger partial charge on any atom is 0.408 e. The van der Waals surface area contributed by atoms with Crippen LogP contribution in [0.1, 0.15) is 70.9 Å². The average Bonchev–Trinajstić information content (AvgIpc) is 3.47. The molecule has 0 radical (unpaired) electrons. The number of hydrazine groups is 1. The lowest BCUT2D eigenvalue weighted by Gasteiger charge is -2.53. The fourth-order valence-electron chi connectivity index (χ4n) is 6.31. The molecule has 1 aromatic carbocycles. The number of hydrogen-bond acceptors (Lipinski definition) is 7. The van der Waals surface area contributed by atoms with Gasteiger partial charge < -0.3 is 15.0 Å². The predicted molar refractivity (Wildman–Crippen MR) is 171 cm³/mol. The van der Waals surface area contributed by atoms with Gasteiger partial charge in [0, 0.05) is 40.7 Å². The van der Waals surface area contributed by atoms with Crippen molar-refractivity contribution in [3.05, 3.63) is 37.9 Å². The highest BCUT2D eigenvalue weighted by atomic mass is 127. The van der Waals surface area contributed by atoms with Gasteiger partial charge >= 0.3 is 6.09 Å². The topological polar surface area (TPSA) is 116 Å². The van der Waals surface area contributed by atoms with Crippen molar-refractivity contribution in [1.29, 1.82) is 0 Å². The van der Waals surface area contributed by atoms with Crippen LogP contribution in [-0.4, -0.2) is 56.5 Å². The van der Waals surface area contributed by atoms with Crippen LogP contribution in [0.25, 0.3) is 22.2 Å². The molecule has 1 aliphatic carbocycles. The maximum absolute atomic E-state index is 14.0. The van der Waals surface area contributed by atoms with Gasteiger partial charge in [-0.1, -0.05) is 19.9 Å². The van der Waals surface area contributed by atoms with E-state index >= 15 is 0 Å². The van der Waals surface area contributed by atoms with Crippen LogP contribution in [0, 0.1) is 15.0 Å². The summed E-state index contributed by atoms with van der Waals surface area (Å²) in [7, 11) is 0. The van der Waals surface area contributed by atoms with Crippen LogP contribution in [0.15, 0.2) is 23.6 Å². The fraction of sp³-hybridized carbons (Fsp3) is 0.548. The number of rotatable bonds is 1. The highest BCUT2D eigenvalue weighted by Crippen LogP contribution is 2.41. The Balaban J connectivity index is 1.38. The monoisotopic (exact) mass is 703 g/mol. The second-order valence-corrected chi connectivity index (χ2v) is 15.7. The normalized spacial score (nSPS) is 26.0. The van der Waals surface area contributed by atoms with Crippen molar-refractivity contribution in [2.45, 2.75) is 96.9 Å². The van der Waals surface area contributed by atoms with E-state index in [1.54, 1.807) is 25.8 Å². The van der Waals surface area contributed by atoms with Crippen molar-refractivity contribution >= 4 is 62.6 Å². The summed E-state index contributed by atoms with van der Waals surface area (Å²) in [6, 6.07) is 5.04. The molecule has 9 nitrogen and oxygen atoms in total. The molecule has 8 bridgehead atoms. The summed E-state index contributed by atoms with van der Waals surface area (Å²) in [5.41, 5.74) is 6.65. The number of benzene rings is 1. The van der Waals surface area contributed by atoms with Crippen molar-refractivity contribution < 1.29 is 19.1 Å². The number of carbonyl (C=O) groups excluding carboxylic acids is 3. The lowest BCUT2D eigenvalue weighted by atomic mass is 9.70. The first kappa shape index (κ1) is 29.6. The first-order chi connectivity index (χ1) is 19.8. The lowest BCUT2D eigenvalue weighted by molar-refractivity contribution is -0.158. The van der Waals surface area contributed by atoms with Crippen molar-refractivity contribution in [2.24, 2.45) is 11.3 Å².